The molecular formula is C16H15Br2F. The number of rotatable bonds is 4. The molecule has 2 aromatic rings. The lowest BCUT2D eigenvalue weighted by atomic mass is 10.0. The van der Waals surface area contributed by atoms with E-state index in [0.717, 1.165) is 28.4 Å². The maximum atomic E-state index is 13.4. The van der Waals surface area contributed by atoms with E-state index in [4.69, 9.17) is 0 Å². The highest BCUT2D eigenvalue weighted by molar-refractivity contribution is 9.10. The van der Waals surface area contributed by atoms with Crippen LogP contribution in [0.15, 0.2) is 46.9 Å². The van der Waals surface area contributed by atoms with E-state index in [-0.39, 0.29) is 10.6 Å². The minimum atomic E-state index is -0.226. The highest BCUT2D eigenvalue weighted by Gasteiger charge is 2.12. The molecule has 2 aromatic carbocycles. The second kappa shape index (κ2) is 6.67. The van der Waals surface area contributed by atoms with E-state index >= 15 is 0 Å². The Balaban J connectivity index is 2.25. The van der Waals surface area contributed by atoms with Gasteiger partial charge in [0, 0.05) is 4.47 Å². The van der Waals surface area contributed by atoms with Gasteiger partial charge >= 0.3 is 0 Å². The van der Waals surface area contributed by atoms with Gasteiger partial charge in [-0.25, -0.2) is 4.39 Å². The fourth-order valence-corrected chi connectivity index (χ4v) is 3.11. The van der Waals surface area contributed by atoms with E-state index in [1.807, 2.05) is 6.07 Å². The summed E-state index contributed by atoms with van der Waals surface area (Å²) in [6.45, 7) is 2.17. The third-order valence-electron chi connectivity index (χ3n) is 2.99. The van der Waals surface area contributed by atoms with Gasteiger partial charge in [0.15, 0.2) is 0 Å². The van der Waals surface area contributed by atoms with E-state index in [2.05, 4.69) is 63.0 Å². The minimum absolute atomic E-state index is 0.00942. The third kappa shape index (κ3) is 3.90. The fraction of sp³-hybridized carbons (Fsp3) is 0.250. The average Bonchev–Trinajstić information content (AvgIpc) is 2.38. The van der Waals surface area contributed by atoms with Crippen LogP contribution in [0.2, 0.25) is 0 Å². The molecule has 1 atom stereocenters. The number of aryl methyl sites for hydroxylation is 1. The molecule has 0 fully saturated rings. The minimum Gasteiger partial charge on any atom is -0.207 e. The van der Waals surface area contributed by atoms with Crippen molar-refractivity contribution < 1.29 is 4.39 Å². The monoisotopic (exact) mass is 384 g/mol. The Morgan fingerprint density at radius 3 is 2.32 bits per heavy atom. The molecule has 0 heterocycles. The lowest BCUT2D eigenvalue weighted by Gasteiger charge is -2.12. The van der Waals surface area contributed by atoms with Crippen LogP contribution in [0.5, 0.6) is 0 Å². The van der Waals surface area contributed by atoms with Gasteiger partial charge in [0.1, 0.15) is 5.82 Å². The molecule has 0 amide bonds. The number of alkyl halides is 1. The molecule has 1 unspecified atom stereocenters. The van der Waals surface area contributed by atoms with Crippen LogP contribution >= 0.6 is 31.9 Å². The summed E-state index contributed by atoms with van der Waals surface area (Å²) in [4.78, 5) is 0.00942. The number of hydrogen-bond donors (Lipinski definition) is 0. The van der Waals surface area contributed by atoms with E-state index in [1.165, 1.54) is 11.6 Å². The molecule has 0 spiro atoms. The van der Waals surface area contributed by atoms with Crippen molar-refractivity contribution in [2.24, 2.45) is 0 Å². The molecule has 0 radical (unpaired) electrons. The molecule has 0 saturated carbocycles. The van der Waals surface area contributed by atoms with E-state index in [0.29, 0.717) is 0 Å². The number of hydrogen-bond acceptors (Lipinski definition) is 0. The van der Waals surface area contributed by atoms with Crippen LogP contribution in [0.25, 0.3) is 0 Å². The van der Waals surface area contributed by atoms with E-state index in [1.54, 1.807) is 6.07 Å². The summed E-state index contributed by atoms with van der Waals surface area (Å²) in [6.07, 6.45) is 2.24. The van der Waals surface area contributed by atoms with Crippen LogP contribution in [0.4, 0.5) is 4.39 Å². The average molecular weight is 386 g/mol. The molecule has 0 aliphatic rings. The maximum Gasteiger partial charge on any atom is 0.124 e. The summed E-state index contributed by atoms with van der Waals surface area (Å²) in [5, 5.41) is 0. The molecule has 3 heteroatoms. The standard InChI is InChI=1S/C16H15Br2F/c1-2-3-11-4-6-12(7-5-11)16(18)13-8-14(17)10-15(19)9-13/h4-10,16H,2-3H2,1H3. The topological polar surface area (TPSA) is 0 Å². The number of benzene rings is 2. The largest absolute Gasteiger partial charge is 0.207 e. The normalized spacial score (nSPS) is 12.4. The zero-order valence-corrected chi connectivity index (χ0v) is 13.8. The Labute approximate surface area is 130 Å². The zero-order chi connectivity index (χ0) is 13.8. The molecule has 0 aliphatic heterocycles. The molecule has 0 aliphatic carbocycles. The molecule has 0 aromatic heterocycles. The highest BCUT2D eigenvalue weighted by atomic mass is 79.9. The first kappa shape index (κ1) is 14.7. The van der Waals surface area contributed by atoms with Crippen molar-refractivity contribution in [2.45, 2.75) is 24.6 Å². The summed E-state index contributed by atoms with van der Waals surface area (Å²) in [5.41, 5.74) is 3.39. The van der Waals surface area contributed by atoms with Crippen molar-refractivity contribution >= 4 is 31.9 Å². The van der Waals surface area contributed by atoms with Gasteiger partial charge in [-0.1, -0.05) is 69.5 Å². The van der Waals surface area contributed by atoms with Crippen molar-refractivity contribution in [2.75, 3.05) is 0 Å². The first-order valence-electron chi connectivity index (χ1n) is 6.29. The molecule has 0 N–H and O–H groups in total. The van der Waals surface area contributed by atoms with Crippen molar-refractivity contribution in [3.63, 3.8) is 0 Å². The van der Waals surface area contributed by atoms with Gasteiger partial charge in [-0.05, 0) is 41.3 Å². The second-order valence-corrected chi connectivity index (χ2v) is 6.39. The van der Waals surface area contributed by atoms with Gasteiger partial charge in [-0.15, -0.1) is 0 Å². The summed E-state index contributed by atoms with van der Waals surface area (Å²) >= 11 is 6.96. The van der Waals surface area contributed by atoms with Gasteiger partial charge in [0.25, 0.3) is 0 Å². The lowest BCUT2D eigenvalue weighted by Crippen LogP contribution is -1.94. The maximum absolute atomic E-state index is 13.4. The number of halogens is 3. The van der Waals surface area contributed by atoms with Crippen LogP contribution in [0.3, 0.4) is 0 Å². The van der Waals surface area contributed by atoms with Crippen LogP contribution < -0.4 is 0 Å². The van der Waals surface area contributed by atoms with Crippen molar-refractivity contribution in [1.29, 1.82) is 0 Å². The van der Waals surface area contributed by atoms with Gasteiger partial charge in [0.2, 0.25) is 0 Å². The van der Waals surface area contributed by atoms with Gasteiger partial charge in [-0.3, -0.25) is 0 Å². The van der Waals surface area contributed by atoms with E-state index < -0.39 is 0 Å². The Morgan fingerprint density at radius 1 is 1.05 bits per heavy atom. The van der Waals surface area contributed by atoms with Crippen molar-refractivity contribution in [1.82, 2.24) is 0 Å². The predicted octanol–water partition coefficient (Wildman–Crippen LogP) is 6.03. The first-order chi connectivity index (χ1) is 9.10. The Bertz CT molecular complexity index is 529. The smallest absolute Gasteiger partial charge is 0.124 e. The molecular weight excluding hydrogens is 371 g/mol. The van der Waals surface area contributed by atoms with Crippen LogP contribution in [0.1, 0.15) is 34.9 Å². The SMILES string of the molecule is CCCc1ccc(C(Br)c2cc(F)cc(Br)c2)cc1. The van der Waals surface area contributed by atoms with Crippen LogP contribution in [-0.4, -0.2) is 0 Å². The van der Waals surface area contributed by atoms with Gasteiger partial charge in [-0.2, -0.15) is 0 Å². The lowest BCUT2D eigenvalue weighted by molar-refractivity contribution is 0.625. The first-order valence-corrected chi connectivity index (χ1v) is 8.00. The predicted molar refractivity (Wildman–Crippen MR) is 85.3 cm³/mol. The summed E-state index contributed by atoms with van der Waals surface area (Å²) in [5.74, 6) is -0.226. The molecule has 2 rings (SSSR count). The highest BCUT2D eigenvalue weighted by Crippen LogP contribution is 2.32. The second-order valence-electron chi connectivity index (χ2n) is 4.56. The molecule has 0 bridgehead atoms. The van der Waals surface area contributed by atoms with E-state index in [9.17, 15) is 4.39 Å². The molecule has 100 valence electrons. The molecule has 19 heavy (non-hydrogen) atoms. The zero-order valence-electron chi connectivity index (χ0n) is 10.7. The van der Waals surface area contributed by atoms with Gasteiger partial charge in [0.05, 0.1) is 4.83 Å². The van der Waals surface area contributed by atoms with Gasteiger partial charge < -0.3 is 0 Å². The molecule has 0 saturated heterocycles. The summed E-state index contributed by atoms with van der Waals surface area (Å²) in [7, 11) is 0. The summed E-state index contributed by atoms with van der Waals surface area (Å²) < 4.78 is 14.2. The Morgan fingerprint density at radius 2 is 1.74 bits per heavy atom. The third-order valence-corrected chi connectivity index (χ3v) is 4.50. The van der Waals surface area contributed by atoms with Crippen LogP contribution in [-0.2, 0) is 6.42 Å². The van der Waals surface area contributed by atoms with Crippen LogP contribution in [0, 0.1) is 5.82 Å². The Hall–Kier alpha value is -0.670. The molecule has 0 nitrogen and oxygen atoms in total. The quantitative estimate of drug-likeness (QED) is 0.564. The summed E-state index contributed by atoms with van der Waals surface area (Å²) in [6, 6.07) is 13.4. The Kier molecular flexibility index (Phi) is 5.17. The van der Waals surface area contributed by atoms with Crippen molar-refractivity contribution in [3.05, 3.63) is 69.4 Å². The van der Waals surface area contributed by atoms with Crippen molar-refractivity contribution in [3.8, 4) is 0 Å². The fourth-order valence-electron chi connectivity index (χ4n) is 2.06.